The van der Waals surface area contributed by atoms with Gasteiger partial charge in [-0.15, -0.1) is 0 Å². The Morgan fingerprint density at radius 2 is 2.33 bits per heavy atom. The molecule has 0 aliphatic heterocycles. The molecule has 0 radical (unpaired) electrons. The van der Waals surface area contributed by atoms with Crippen LogP contribution in [0.2, 0.25) is 0 Å². The van der Waals surface area contributed by atoms with Gasteiger partial charge in [0.1, 0.15) is 0 Å². The van der Waals surface area contributed by atoms with E-state index in [0.29, 0.717) is 11.6 Å². The molecule has 1 heterocycles. The molecule has 1 atom stereocenters. The lowest BCUT2D eigenvalue weighted by molar-refractivity contribution is -0.117. The average Bonchev–Trinajstić information content (AvgIpc) is 2.70. The molecule has 4 nitrogen and oxygen atoms in total. The van der Waals surface area contributed by atoms with E-state index in [2.05, 4.69) is 16.4 Å². The zero-order chi connectivity index (χ0) is 13.1. The Kier molecular flexibility index (Phi) is 3.93. The quantitative estimate of drug-likeness (QED) is 0.891. The Hall–Kier alpha value is -1.46. The molecule has 0 aliphatic rings. The lowest BCUT2D eigenvalue weighted by Gasteiger charge is -2.08. The van der Waals surface area contributed by atoms with E-state index in [0.717, 1.165) is 16.6 Å². The highest BCUT2D eigenvalue weighted by molar-refractivity contribution is 7.22. The first-order valence-electron chi connectivity index (χ1n) is 6.03. The third-order valence-corrected chi connectivity index (χ3v) is 3.64. The van der Waals surface area contributed by atoms with Gasteiger partial charge in [-0.05, 0) is 31.0 Å². The summed E-state index contributed by atoms with van der Waals surface area (Å²) < 4.78 is 1.08. The fourth-order valence-electron chi connectivity index (χ4n) is 1.73. The summed E-state index contributed by atoms with van der Waals surface area (Å²) in [6, 6.07) is 5.58. The summed E-state index contributed by atoms with van der Waals surface area (Å²) in [6.45, 7) is 4.04. The number of aryl methyl sites for hydroxylation is 1. The molecular weight excluding hydrogens is 246 g/mol. The molecule has 0 unspecified atom stereocenters. The van der Waals surface area contributed by atoms with Gasteiger partial charge in [0.05, 0.1) is 16.3 Å². The maximum atomic E-state index is 11.8. The summed E-state index contributed by atoms with van der Waals surface area (Å²) in [5.41, 5.74) is 7.85. The van der Waals surface area contributed by atoms with Crippen LogP contribution < -0.4 is 11.1 Å². The lowest BCUT2D eigenvalue weighted by atomic mass is 10.2. The van der Waals surface area contributed by atoms with Crippen LogP contribution in [0.3, 0.4) is 0 Å². The molecule has 1 amide bonds. The van der Waals surface area contributed by atoms with Gasteiger partial charge in [0, 0.05) is 0 Å². The smallest absolute Gasteiger partial charge is 0.243 e. The van der Waals surface area contributed by atoms with Gasteiger partial charge < -0.3 is 11.1 Å². The number of amides is 1. The minimum absolute atomic E-state index is 0.160. The molecule has 0 saturated carbocycles. The van der Waals surface area contributed by atoms with Gasteiger partial charge in [-0.2, -0.15) is 0 Å². The van der Waals surface area contributed by atoms with Crippen molar-refractivity contribution in [1.29, 1.82) is 0 Å². The lowest BCUT2D eigenvalue weighted by Crippen LogP contribution is -2.35. The van der Waals surface area contributed by atoms with Crippen LogP contribution in [0.25, 0.3) is 10.2 Å². The fourth-order valence-corrected chi connectivity index (χ4v) is 2.69. The molecule has 1 aromatic carbocycles. The first-order chi connectivity index (χ1) is 8.60. The van der Waals surface area contributed by atoms with Crippen molar-refractivity contribution in [3.05, 3.63) is 23.8 Å². The molecule has 0 bridgehead atoms. The second-order valence-electron chi connectivity index (χ2n) is 4.37. The molecule has 1 aromatic heterocycles. The second kappa shape index (κ2) is 5.46. The number of nitrogens with two attached hydrogens (primary N) is 1. The first kappa shape index (κ1) is 13.0. The van der Waals surface area contributed by atoms with Gasteiger partial charge in [0.15, 0.2) is 5.13 Å². The Labute approximate surface area is 110 Å². The van der Waals surface area contributed by atoms with Crippen LogP contribution in [-0.2, 0) is 4.79 Å². The molecule has 0 fully saturated rings. The van der Waals surface area contributed by atoms with Gasteiger partial charge in [0.2, 0.25) is 5.91 Å². The minimum atomic E-state index is -0.455. The van der Waals surface area contributed by atoms with Gasteiger partial charge >= 0.3 is 0 Å². The molecule has 96 valence electrons. The number of nitrogens with zero attached hydrogens (tertiary/aromatic N) is 1. The Morgan fingerprint density at radius 3 is 3.06 bits per heavy atom. The van der Waals surface area contributed by atoms with Crippen molar-refractivity contribution in [3.8, 4) is 0 Å². The number of benzene rings is 1. The first-order valence-corrected chi connectivity index (χ1v) is 6.85. The predicted molar refractivity (Wildman–Crippen MR) is 75.9 cm³/mol. The fraction of sp³-hybridized carbons (Fsp3) is 0.385. The number of nitrogens with one attached hydrogen (secondary N) is 1. The van der Waals surface area contributed by atoms with Crippen molar-refractivity contribution in [2.75, 3.05) is 5.32 Å². The maximum absolute atomic E-state index is 11.8. The van der Waals surface area contributed by atoms with Crippen LogP contribution >= 0.6 is 11.3 Å². The van der Waals surface area contributed by atoms with Crippen LogP contribution in [0, 0.1) is 6.92 Å². The van der Waals surface area contributed by atoms with Crippen LogP contribution in [0.1, 0.15) is 25.3 Å². The third-order valence-electron chi connectivity index (χ3n) is 2.71. The van der Waals surface area contributed by atoms with Gasteiger partial charge in [-0.1, -0.05) is 30.7 Å². The summed E-state index contributed by atoms with van der Waals surface area (Å²) in [4.78, 5) is 16.1. The largest absolute Gasteiger partial charge is 0.320 e. The zero-order valence-electron chi connectivity index (χ0n) is 10.6. The minimum Gasteiger partial charge on any atom is -0.320 e. The van der Waals surface area contributed by atoms with E-state index in [1.54, 1.807) is 0 Å². The van der Waals surface area contributed by atoms with Crippen molar-refractivity contribution in [2.24, 2.45) is 5.73 Å². The summed E-state index contributed by atoms with van der Waals surface area (Å²) in [5.74, 6) is -0.160. The van der Waals surface area contributed by atoms with E-state index in [-0.39, 0.29) is 5.91 Å². The van der Waals surface area contributed by atoms with Crippen LogP contribution in [-0.4, -0.2) is 16.9 Å². The monoisotopic (exact) mass is 263 g/mol. The zero-order valence-corrected chi connectivity index (χ0v) is 11.4. The molecule has 0 spiro atoms. The number of anilines is 1. The number of thiazole rings is 1. The highest BCUT2D eigenvalue weighted by atomic mass is 32.1. The number of fused-ring (bicyclic) bond motifs is 1. The second-order valence-corrected chi connectivity index (χ2v) is 5.41. The molecular formula is C13H17N3OS. The highest BCUT2D eigenvalue weighted by Crippen LogP contribution is 2.26. The number of carbonyl (C=O) groups excluding carboxylic acids is 1. The molecule has 0 saturated heterocycles. The highest BCUT2D eigenvalue weighted by Gasteiger charge is 2.14. The van der Waals surface area contributed by atoms with E-state index in [9.17, 15) is 4.79 Å². The normalized spacial score (nSPS) is 12.6. The van der Waals surface area contributed by atoms with E-state index < -0.39 is 6.04 Å². The SMILES string of the molecule is CCC[C@@H](N)C(=O)Nc1nc2ccc(C)cc2s1. The van der Waals surface area contributed by atoms with Crippen molar-refractivity contribution >= 4 is 32.6 Å². The summed E-state index contributed by atoms with van der Waals surface area (Å²) in [7, 11) is 0. The standard InChI is InChI=1S/C13H17N3OS/c1-3-4-9(14)12(17)16-13-15-10-6-5-8(2)7-11(10)18-13/h5-7,9H,3-4,14H2,1-2H3,(H,15,16,17)/t9-/m1/s1. The Bertz CT molecular complexity index is 564. The van der Waals surface area contributed by atoms with E-state index in [4.69, 9.17) is 5.73 Å². The maximum Gasteiger partial charge on any atom is 0.243 e. The van der Waals surface area contributed by atoms with Crippen molar-refractivity contribution in [2.45, 2.75) is 32.7 Å². The predicted octanol–water partition coefficient (Wildman–Crippen LogP) is 2.67. The van der Waals surface area contributed by atoms with Crippen LogP contribution in [0.15, 0.2) is 18.2 Å². The molecule has 18 heavy (non-hydrogen) atoms. The van der Waals surface area contributed by atoms with Gasteiger partial charge in [0.25, 0.3) is 0 Å². The molecule has 2 rings (SSSR count). The molecule has 5 heteroatoms. The Morgan fingerprint density at radius 1 is 1.56 bits per heavy atom. The van der Waals surface area contributed by atoms with E-state index >= 15 is 0 Å². The molecule has 0 aliphatic carbocycles. The topological polar surface area (TPSA) is 68.0 Å². The van der Waals surface area contributed by atoms with E-state index in [1.165, 1.54) is 16.9 Å². The van der Waals surface area contributed by atoms with Crippen molar-refractivity contribution in [1.82, 2.24) is 4.98 Å². The number of aromatic nitrogens is 1. The van der Waals surface area contributed by atoms with Crippen LogP contribution in [0.4, 0.5) is 5.13 Å². The number of hydrogen-bond donors (Lipinski definition) is 2. The molecule has 3 N–H and O–H groups in total. The van der Waals surface area contributed by atoms with Crippen LogP contribution in [0.5, 0.6) is 0 Å². The summed E-state index contributed by atoms with van der Waals surface area (Å²) >= 11 is 1.48. The van der Waals surface area contributed by atoms with Gasteiger partial charge in [-0.3, -0.25) is 4.79 Å². The molecule has 2 aromatic rings. The Balaban J connectivity index is 2.14. The van der Waals surface area contributed by atoms with Crippen molar-refractivity contribution < 1.29 is 4.79 Å². The third kappa shape index (κ3) is 2.86. The number of hydrogen-bond acceptors (Lipinski definition) is 4. The van der Waals surface area contributed by atoms with E-state index in [1.807, 2.05) is 26.0 Å². The van der Waals surface area contributed by atoms with Crippen molar-refractivity contribution in [3.63, 3.8) is 0 Å². The number of carbonyl (C=O) groups is 1. The number of rotatable bonds is 4. The van der Waals surface area contributed by atoms with Gasteiger partial charge in [-0.25, -0.2) is 4.98 Å². The summed E-state index contributed by atoms with van der Waals surface area (Å²) in [6.07, 6.45) is 1.59. The summed E-state index contributed by atoms with van der Waals surface area (Å²) in [5, 5.41) is 3.40. The average molecular weight is 263 g/mol.